The normalized spacial score (nSPS) is 10.3. The van der Waals surface area contributed by atoms with Crippen LogP contribution in [-0.2, 0) is 11.2 Å². The molecule has 4 heteroatoms. The smallest absolute Gasteiger partial charge is 0.228 e. The van der Waals surface area contributed by atoms with Crippen molar-refractivity contribution < 1.29 is 4.79 Å². The van der Waals surface area contributed by atoms with Gasteiger partial charge in [-0.25, -0.2) is 0 Å². The Morgan fingerprint density at radius 1 is 1.00 bits per heavy atom. The molecular weight excluding hydrogens is 286 g/mol. The first-order chi connectivity index (χ1) is 9.72. The lowest BCUT2D eigenvalue weighted by Gasteiger charge is -2.09. The Balaban J connectivity index is 2.01. The third-order valence-electron chi connectivity index (χ3n) is 2.90. The molecule has 0 radical (unpaired) electrons. The van der Waals surface area contributed by atoms with Gasteiger partial charge in [0.2, 0.25) is 5.91 Å². The Hall–Kier alpha value is -1.39. The summed E-state index contributed by atoms with van der Waals surface area (Å²) in [7, 11) is 0. The van der Waals surface area contributed by atoms with Crippen LogP contribution >= 0.6 is 23.5 Å². The summed E-state index contributed by atoms with van der Waals surface area (Å²) in [6, 6.07) is 15.9. The summed E-state index contributed by atoms with van der Waals surface area (Å²) in [6.07, 6.45) is 4.45. The minimum absolute atomic E-state index is 0.0170. The van der Waals surface area contributed by atoms with Crippen LogP contribution in [0, 0.1) is 0 Å². The zero-order valence-corrected chi connectivity index (χ0v) is 13.2. The van der Waals surface area contributed by atoms with Crippen LogP contribution in [0.1, 0.15) is 5.56 Å². The molecule has 104 valence electrons. The summed E-state index contributed by atoms with van der Waals surface area (Å²) < 4.78 is 0. The maximum absolute atomic E-state index is 12.1. The molecule has 0 bridgehead atoms. The lowest BCUT2D eigenvalue weighted by Crippen LogP contribution is -2.14. The molecular formula is C16H17NOS2. The van der Waals surface area contributed by atoms with Crippen molar-refractivity contribution in [2.75, 3.05) is 17.8 Å². The van der Waals surface area contributed by atoms with E-state index in [1.54, 1.807) is 23.5 Å². The standard InChI is InChI=1S/C16H17NOS2/c1-19-13-9-7-12(8-10-13)11-16(18)17-14-5-3-4-6-15(14)20-2/h3-10H,11H2,1-2H3,(H,17,18). The van der Waals surface area contributed by atoms with Gasteiger partial charge in [0.15, 0.2) is 0 Å². The Bertz CT molecular complexity index is 581. The highest BCUT2D eigenvalue weighted by molar-refractivity contribution is 7.99. The number of hydrogen-bond acceptors (Lipinski definition) is 3. The van der Waals surface area contributed by atoms with Gasteiger partial charge in [-0.15, -0.1) is 23.5 Å². The van der Waals surface area contributed by atoms with Gasteiger partial charge in [0.1, 0.15) is 0 Å². The van der Waals surface area contributed by atoms with Crippen molar-refractivity contribution in [3.8, 4) is 0 Å². The first kappa shape index (κ1) is 15.0. The first-order valence-electron chi connectivity index (χ1n) is 6.28. The van der Waals surface area contributed by atoms with E-state index in [-0.39, 0.29) is 5.91 Å². The van der Waals surface area contributed by atoms with Crippen LogP contribution in [0.2, 0.25) is 0 Å². The molecule has 20 heavy (non-hydrogen) atoms. The summed E-state index contributed by atoms with van der Waals surface area (Å²) in [4.78, 5) is 14.4. The van der Waals surface area contributed by atoms with E-state index in [0.29, 0.717) is 6.42 Å². The minimum atomic E-state index is 0.0170. The Kier molecular flexibility index (Phi) is 5.56. The summed E-state index contributed by atoms with van der Waals surface area (Å²) in [5.74, 6) is 0.0170. The van der Waals surface area contributed by atoms with E-state index in [1.165, 1.54) is 4.90 Å². The molecule has 0 heterocycles. The number of benzene rings is 2. The van der Waals surface area contributed by atoms with Gasteiger partial charge < -0.3 is 5.32 Å². The molecule has 0 saturated carbocycles. The molecule has 2 rings (SSSR count). The lowest BCUT2D eigenvalue weighted by atomic mass is 10.1. The molecule has 1 amide bonds. The minimum Gasteiger partial charge on any atom is -0.325 e. The van der Waals surface area contributed by atoms with E-state index in [1.807, 2.05) is 61.0 Å². The second kappa shape index (κ2) is 7.41. The maximum Gasteiger partial charge on any atom is 0.228 e. The van der Waals surface area contributed by atoms with Gasteiger partial charge in [-0.05, 0) is 42.3 Å². The van der Waals surface area contributed by atoms with Crippen LogP contribution in [0.4, 0.5) is 5.69 Å². The lowest BCUT2D eigenvalue weighted by molar-refractivity contribution is -0.115. The van der Waals surface area contributed by atoms with Crippen LogP contribution < -0.4 is 5.32 Å². The summed E-state index contributed by atoms with van der Waals surface area (Å²) >= 11 is 3.33. The second-order valence-corrected chi connectivity index (χ2v) is 6.00. The highest BCUT2D eigenvalue weighted by Crippen LogP contribution is 2.24. The fourth-order valence-electron chi connectivity index (χ4n) is 1.87. The molecule has 0 spiro atoms. The van der Waals surface area contributed by atoms with Gasteiger partial charge in [0, 0.05) is 9.79 Å². The summed E-state index contributed by atoms with van der Waals surface area (Å²) in [5.41, 5.74) is 1.91. The molecule has 2 nitrogen and oxygen atoms in total. The number of amides is 1. The van der Waals surface area contributed by atoms with Crippen molar-refractivity contribution in [3.63, 3.8) is 0 Å². The molecule has 0 unspecified atom stereocenters. The third-order valence-corrected chi connectivity index (χ3v) is 4.44. The van der Waals surface area contributed by atoms with Gasteiger partial charge in [0.05, 0.1) is 12.1 Å². The average molecular weight is 303 g/mol. The van der Waals surface area contributed by atoms with Crippen LogP contribution in [0.15, 0.2) is 58.3 Å². The molecule has 0 atom stereocenters. The van der Waals surface area contributed by atoms with Crippen LogP contribution in [0.25, 0.3) is 0 Å². The van der Waals surface area contributed by atoms with Crippen LogP contribution in [-0.4, -0.2) is 18.4 Å². The van der Waals surface area contributed by atoms with Gasteiger partial charge in [0.25, 0.3) is 0 Å². The molecule has 2 aromatic rings. The third kappa shape index (κ3) is 4.05. The zero-order chi connectivity index (χ0) is 14.4. The van der Waals surface area contributed by atoms with E-state index in [0.717, 1.165) is 16.1 Å². The van der Waals surface area contributed by atoms with Gasteiger partial charge >= 0.3 is 0 Å². The van der Waals surface area contributed by atoms with Gasteiger partial charge in [-0.3, -0.25) is 4.79 Å². The number of nitrogens with one attached hydrogen (secondary N) is 1. The molecule has 0 aromatic heterocycles. The predicted octanol–water partition coefficient (Wildman–Crippen LogP) is 4.31. The van der Waals surface area contributed by atoms with E-state index >= 15 is 0 Å². The summed E-state index contributed by atoms with van der Waals surface area (Å²) in [6.45, 7) is 0. The first-order valence-corrected chi connectivity index (χ1v) is 8.73. The molecule has 1 N–H and O–H groups in total. The van der Waals surface area contributed by atoms with E-state index in [4.69, 9.17) is 0 Å². The zero-order valence-electron chi connectivity index (χ0n) is 11.6. The van der Waals surface area contributed by atoms with Crippen molar-refractivity contribution in [2.45, 2.75) is 16.2 Å². The number of carbonyl (C=O) groups is 1. The summed E-state index contributed by atoms with van der Waals surface area (Å²) in [5, 5.41) is 2.97. The second-order valence-electron chi connectivity index (χ2n) is 4.27. The Morgan fingerprint density at radius 2 is 1.70 bits per heavy atom. The van der Waals surface area contributed by atoms with Crippen molar-refractivity contribution in [2.24, 2.45) is 0 Å². The molecule has 0 aliphatic heterocycles. The fraction of sp³-hybridized carbons (Fsp3) is 0.188. The van der Waals surface area contributed by atoms with Crippen molar-refractivity contribution in [3.05, 3.63) is 54.1 Å². The number of carbonyl (C=O) groups excluding carboxylic acids is 1. The fourth-order valence-corrected chi connectivity index (χ4v) is 2.83. The number of hydrogen-bond donors (Lipinski definition) is 1. The quantitative estimate of drug-likeness (QED) is 0.834. The number of rotatable bonds is 5. The number of thioether (sulfide) groups is 2. The van der Waals surface area contributed by atoms with Crippen LogP contribution in [0.5, 0.6) is 0 Å². The van der Waals surface area contributed by atoms with E-state index in [2.05, 4.69) is 5.32 Å². The molecule has 2 aromatic carbocycles. The SMILES string of the molecule is CSc1ccc(CC(=O)Nc2ccccc2SC)cc1. The van der Waals surface area contributed by atoms with E-state index < -0.39 is 0 Å². The van der Waals surface area contributed by atoms with E-state index in [9.17, 15) is 4.79 Å². The predicted molar refractivity (Wildman–Crippen MR) is 88.8 cm³/mol. The van der Waals surface area contributed by atoms with Crippen molar-refractivity contribution >= 4 is 35.1 Å². The highest BCUT2D eigenvalue weighted by atomic mass is 32.2. The monoisotopic (exact) mass is 303 g/mol. The molecule has 0 aliphatic carbocycles. The molecule has 0 saturated heterocycles. The van der Waals surface area contributed by atoms with Gasteiger partial charge in [-0.2, -0.15) is 0 Å². The topological polar surface area (TPSA) is 29.1 Å². The average Bonchev–Trinajstić information content (AvgIpc) is 2.48. The molecule has 0 aliphatic rings. The van der Waals surface area contributed by atoms with Crippen molar-refractivity contribution in [1.82, 2.24) is 0 Å². The highest BCUT2D eigenvalue weighted by Gasteiger charge is 2.07. The number of anilines is 1. The largest absolute Gasteiger partial charge is 0.325 e. The van der Waals surface area contributed by atoms with Gasteiger partial charge in [-0.1, -0.05) is 24.3 Å². The number of para-hydroxylation sites is 1. The molecule has 0 fully saturated rings. The Labute approximate surface area is 128 Å². The maximum atomic E-state index is 12.1. The Morgan fingerprint density at radius 3 is 2.35 bits per heavy atom. The van der Waals surface area contributed by atoms with Crippen molar-refractivity contribution in [1.29, 1.82) is 0 Å². The van der Waals surface area contributed by atoms with Crippen LogP contribution in [0.3, 0.4) is 0 Å².